The Labute approximate surface area is 228 Å². The molecule has 4 aromatic rings. The molecule has 1 aliphatic rings. The molecule has 0 unspecified atom stereocenters. The van der Waals surface area contributed by atoms with E-state index in [1.807, 2.05) is 6.07 Å². The van der Waals surface area contributed by atoms with Gasteiger partial charge in [-0.3, -0.25) is 14.7 Å². The van der Waals surface area contributed by atoms with Crippen molar-refractivity contribution in [1.82, 2.24) is 20.1 Å². The number of pyridine rings is 1. The fraction of sp³-hybridized carbons (Fsp3) is 0.267. The summed E-state index contributed by atoms with van der Waals surface area (Å²) < 4.78 is 5.15. The molecule has 0 spiro atoms. The van der Waals surface area contributed by atoms with E-state index in [9.17, 15) is 9.90 Å². The molecule has 9 heteroatoms. The average Bonchev–Trinajstić information content (AvgIpc) is 2.98. The van der Waals surface area contributed by atoms with Gasteiger partial charge >= 0.3 is 0 Å². The van der Waals surface area contributed by atoms with Crippen LogP contribution in [-0.2, 0) is 13.0 Å². The zero-order valence-electron chi connectivity index (χ0n) is 22.2. The smallest absolute Gasteiger partial charge is 0.276 e. The highest BCUT2D eigenvalue weighted by molar-refractivity contribution is 6.02. The third-order valence-electron chi connectivity index (χ3n) is 6.97. The first-order valence-corrected chi connectivity index (χ1v) is 13.0. The Balaban J connectivity index is 1.16. The summed E-state index contributed by atoms with van der Waals surface area (Å²) >= 11 is 0. The summed E-state index contributed by atoms with van der Waals surface area (Å²) in [5.41, 5.74) is 5.52. The second-order valence-electron chi connectivity index (χ2n) is 9.49. The average molecular weight is 525 g/mol. The summed E-state index contributed by atoms with van der Waals surface area (Å²) in [5.74, 6) is 1.36. The van der Waals surface area contributed by atoms with Crippen LogP contribution in [0.15, 0.2) is 73.1 Å². The molecule has 2 aromatic carbocycles. The Hall–Kier alpha value is -4.50. The standard InChI is InChI=1S/C30H32N6O3/c1-3-21-16-22(24-17-26(37)19-31-18-24)4-5-23(21)20-35-12-14-36(15-13-35)29-11-10-28(33-34-29)30(38)32-25-6-8-27(39-2)9-7-25/h4-11,16-19,37H,3,12-15,20H2,1-2H3,(H,32,38). The number of aromatic hydroxyl groups is 1. The van der Waals surface area contributed by atoms with Gasteiger partial charge in [0.05, 0.1) is 13.3 Å². The van der Waals surface area contributed by atoms with Crippen molar-refractivity contribution in [2.45, 2.75) is 19.9 Å². The van der Waals surface area contributed by atoms with Crippen molar-refractivity contribution in [3.63, 3.8) is 0 Å². The fourth-order valence-corrected chi connectivity index (χ4v) is 4.73. The molecule has 2 aromatic heterocycles. The minimum atomic E-state index is -0.304. The molecule has 1 saturated heterocycles. The molecular formula is C30H32N6O3. The highest BCUT2D eigenvalue weighted by atomic mass is 16.5. The molecular weight excluding hydrogens is 492 g/mol. The van der Waals surface area contributed by atoms with Gasteiger partial charge in [-0.05, 0) is 65.6 Å². The molecule has 0 radical (unpaired) electrons. The van der Waals surface area contributed by atoms with Gasteiger partial charge in [0.2, 0.25) is 0 Å². The van der Waals surface area contributed by atoms with Crippen LogP contribution >= 0.6 is 0 Å². The van der Waals surface area contributed by atoms with Crippen LogP contribution in [0.25, 0.3) is 11.1 Å². The van der Waals surface area contributed by atoms with Crippen LogP contribution in [0.3, 0.4) is 0 Å². The molecule has 1 aliphatic heterocycles. The van der Waals surface area contributed by atoms with Gasteiger partial charge in [-0.15, -0.1) is 10.2 Å². The second-order valence-corrected chi connectivity index (χ2v) is 9.49. The van der Waals surface area contributed by atoms with Gasteiger partial charge in [0, 0.05) is 50.2 Å². The van der Waals surface area contributed by atoms with Crippen molar-refractivity contribution in [3.05, 3.63) is 89.9 Å². The normalized spacial score (nSPS) is 13.7. The molecule has 1 fully saturated rings. The van der Waals surface area contributed by atoms with E-state index >= 15 is 0 Å². The lowest BCUT2D eigenvalue weighted by Crippen LogP contribution is -2.46. The van der Waals surface area contributed by atoms with Crippen LogP contribution in [0, 0.1) is 0 Å². The van der Waals surface area contributed by atoms with Gasteiger partial charge in [0.25, 0.3) is 5.91 Å². The number of nitrogens with zero attached hydrogens (tertiary/aromatic N) is 5. The van der Waals surface area contributed by atoms with Crippen LogP contribution in [-0.4, -0.2) is 64.4 Å². The van der Waals surface area contributed by atoms with Crippen molar-refractivity contribution in [2.75, 3.05) is 43.5 Å². The molecule has 1 amide bonds. The van der Waals surface area contributed by atoms with Gasteiger partial charge in [-0.1, -0.05) is 25.1 Å². The van der Waals surface area contributed by atoms with Gasteiger partial charge in [0.15, 0.2) is 11.5 Å². The number of carbonyl (C=O) groups is 1. The molecule has 0 bridgehead atoms. The van der Waals surface area contributed by atoms with Gasteiger partial charge in [0.1, 0.15) is 11.5 Å². The van der Waals surface area contributed by atoms with Gasteiger partial charge < -0.3 is 20.1 Å². The molecule has 0 aliphatic carbocycles. The number of anilines is 2. The van der Waals surface area contributed by atoms with Gasteiger partial charge in [-0.2, -0.15) is 0 Å². The largest absolute Gasteiger partial charge is 0.506 e. The maximum Gasteiger partial charge on any atom is 0.276 e. The van der Waals surface area contributed by atoms with Crippen LogP contribution in [0.5, 0.6) is 11.5 Å². The van der Waals surface area contributed by atoms with Crippen LogP contribution < -0.4 is 15.0 Å². The molecule has 2 N–H and O–H groups in total. The molecule has 200 valence electrons. The zero-order chi connectivity index (χ0) is 27.2. The van der Waals surface area contributed by atoms with Gasteiger partial charge in [-0.25, -0.2) is 0 Å². The number of aryl methyl sites for hydroxylation is 1. The Morgan fingerprint density at radius 2 is 1.72 bits per heavy atom. The van der Waals surface area contributed by atoms with Crippen molar-refractivity contribution >= 4 is 17.4 Å². The van der Waals surface area contributed by atoms with Crippen molar-refractivity contribution < 1.29 is 14.6 Å². The minimum Gasteiger partial charge on any atom is -0.506 e. The third kappa shape index (κ3) is 6.32. The fourth-order valence-electron chi connectivity index (χ4n) is 4.73. The Bertz CT molecular complexity index is 1420. The summed E-state index contributed by atoms with van der Waals surface area (Å²) in [4.78, 5) is 21.3. The highest BCUT2D eigenvalue weighted by Gasteiger charge is 2.20. The Morgan fingerprint density at radius 3 is 2.38 bits per heavy atom. The van der Waals surface area contributed by atoms with E-state index < -0.39 is 0 Å². The van der Waals surface area contributed by atoms with Crippen LogP contribution in [0.1, 0.15) is 28.5 Å². The van der Waals surface area contributed by atoms with E-state index in [-0.39, 0.29) is 17.4 Å². The predicted octanol–water partition coefficient (Wildman–Crippen LogP) is 4.39. The van der Waals surface area contributed by atoms with E-state index in [0.29, 0.717) is 5.69 Å². The number of nitrogens with one attached hydrogen (secondary N) is 1. The SMILES string of the molecule is CCc1cc(-c2cncc(O)c2)ccc1CN1CCN(c2ccc(C(=O)Nc3ccc(OC)cc3)nn2)CC1. The summed E-state index contributed by atoms with van der Waals surface area (Å²) in [6, 6.07) is 18.9. The third-order valence-corrected chi connectivity index (χ3v) is 6.97. The van der Waals surface area contributed by atoms with E-state index in [2.05, 4.69) is 55.4 Å². The molecule has 5 rings (SSSR count). The topological polar surface area (TPSA) is 104 Å². The number of carbonyl (C=O) groups excluding carboxylic acids is 1. The second kappa shape index (κ2) is 11.9. The number of ether oxygens (including phenoxy) is 1. The summed E-state index contributed by atoms with van der Waals surface area (Å²) in [6.45, 7) is 6.53. The van der Waals surface area contributed by atoms with Crippen molar-refractivity contribution in [2.24, 2.45) is 0 Å². The molecule has 39 heavy (non-hydrogen) atoms. The number of rotatable bonds is 8. The van der Waals surface area contributed by atoms with E-state index in [0.717, 1.165) is 61.8 Å². The quantitative estimate of drug-likeness (QED) is 0.350. The van der Waals surface area contributed by atoms with E-state index in [4.69, 9.17) is 4.74 Å². The molecule has 9 nitrogen and oxygen atoms in total. The minimum absolute atomic E-state index is 0.170. The first kappa shape index (κ1) is 26.1. The first-order chi connectivity index (χ1) is 19.0. The number of hydrogen-bond donors (Lipinski definition) is 2. The van der Waals surface area contributed by atoms with Crippen molar-refractivity contribution in [3.8, 4) is 22.6 Å². The van der Waals surface area contributed by atoms with Crippen LogP contribution in [0.4, 0.5) is 11.5 Å². The van der Waals surface area contributed by atoms with Crippen LogP contribution in [0.2, 0.25) is 0 Å². The number of hydrogen-bond acceptors (Lipinski definition) is 8. The number of amides is 1. The maximum absolute atomic E-state index is 12.6. The number of aromatic nitrogens is 3. The lowest BCUT2D eigenvalue weighted by Gasteiger charge is -2.35. The highest BCUT2D eigenvalue weighted by Crippen LogP contribution is 2.26. The lowest BCUT2D eigenvalue weighted by atomic mass is 9.98. The molecule has 0 saturated carbocycles. The molecule has 3 heterocycles. The summed E-state index contributed by atoms with van der Waals surface area (Å²) in [5, 5.41) is 21.1. The van der Waals surface area contributed by atoms with E-state index in [1.54, 1.807) is 49.7 Å². The Kier molecular flexibility index (Phi) is 7.98. The number of benzene rings is 2. The first-order valence-electron chi connectivity index (χ1n) is 13.0. The summed E-state index contributed by atoms with van der Waals surface area (Å²) in [6.07, 6.45) is 4.15. The molecule has 0 atom stereocenters. The lowest BCUT2D eigenvalue weighted by molar-refractivity contribution is 0.102. The Morgan fingerprint density at radius 1 is 0.923 bits per heavy atom. The van der Waals surface area contributed by atoms with Crippen molar-refractivity contribution in [1.29, 1.82) is 0 Å². The number of piperazine rings is 1. The zero-order valence-corrected chi connectivity index (χ0v) is 22.2. The maximum atomic E-state index is 12.6. The van der Waals surface area contributed by atoms with E-state index in [1.165, 1.54) is 17.3 Å². The summed E-state index contributed by atoms with van der Waals surface area (Å²) in [7, 11) is 1.60. The monoisotopic (exact) mass is 524 g/mol. The number of methoxy groups -OCH3 is 1. The predicted molar refractivity (Wildman–Crippen MR) is 151 cm³/mol.